The number of rotatable bonds is 5. The summed E-state index contributed by atoms with van der Waals surface area (Å²) in [6.07, 6.45) is 0. The molecule has 0 spiro atoms. The molecule has 0 unspecified atom stereocenters. The Labute approximate surface area is 109 Å². The van der Waals surface area contributed by atoms with Crippen molar-refractivity contribution in [3.63, 3.8) is 0 Å². The van der Waals surface area contributed by atoms with Crippen LogP contribution in [0, 0.1) is 0 Å². The molecule has 1 aromatic heterocycles. The minimum atomic E-state index is 0.115. The second-order valence-electron chi connectivity index (χ2n) is 3.47. The fraction of sp³-hybridized carbons (Fsp3) is 0.273. The summed E-state index contributed by atoms with van der Waals surface area (Å²) >= 11 is 0. The third kappa shape index (κ3) is 2.38. The number of hydrogen-bond donors (Lipinski definition) is 2. The third-order valence-electron chi connectivity index (χ3n) is 2.46. The molecule has 8 heteroatoms. The van der Waals surface area contributed by atoms with E-state index in [2.05, 4.69) is 15.6 Å². The largest absolute Gasteiger partial charge is 0.493 e. The van der Waals surface area contributed by atoms with Gasteiger partial charge in [0.15, 0.2) is 11.5 Å². The maximum atomic E-state index is 5.28. The SMILES string of the molecule is COc1cc(-c2nnc(NN)o2)cc(OC)c1OC. The minimum Gasteiger partial charge on any atom is -0.493 e. The molecular weight excluding hydrogens is 252 g/mol. The Bertz CT molecular complexity index is 545. The highest BCUT2D eigenvalue weighted by Gasteiger charge is 2.17. The standard InChI is InChI=1S/C11H14N4O4/c1-16-7-4-6(5-8(17-2)9(7)18-3)10-14-15-11(13-12)19-10/h4-5H,12H2,1-3H3,(H,13,15). The molecule has 0 aliphatic rings. The Morgan fingerprint density at radius 1 is 1.05 bits per heavy atom. The van der Waals surface area contributed by atoms with Crippen LogP contribution >= 0.6 is 0 Å². The second kappa shape index (κ2) is 5.44. The average Bonchev–Trinajstić information content (AvgIpc) is 2.94. The van der Waals surface area contributed by atoms with Crippen LogP contribution in [-0.4, -0.2) is 31.5 Å². The molecule has 0 fully saturated rings. The number of nitrogen functional groups attached to an aromatic ring is 1. The van der Waals surface area contributed by atoms with E-state index < -0.39 is 0 Å². The molecule has 0 aliphatic carbocycles. The summed E-state index contributed by atoms with van der Waals surface area (Å²) in [5.41, 5.74) is 2.90. The number of hydrazine groups is 1. The van der Waals surface area contributed by atoms with Crippen molar-refractivity contribution >= 4 is 6.01 Å². The van der Waals surface area contributed by atoms with Gasteiger partial charge in [0, 0.05) is 5.56 Å². The van der Waals surface area contributed by atoms with Crippen molar-refractivity contribution in [2.75, 3.05) is 26.8 Å². The van der Waals surface area contributed by atoms with E-state index in [-0.39, 0.29) is 11.9 Å². The van der Waals surface area contributed by atoms with Crippen molar-refractivity contribution in [3.8, 4) is 28.7 Å². The number of nitrogens with zero attached hydrogens (tertiary/aromatic N) is 2. The van der Waals surface area contributed by atoms with Crippen molar-refractivity contribution in [1.82, 2.24) is 10.2 Å². The first-order valence-corrected chi connectivity index (χ1v) is 5.34. The molecule has 0 radical (unpaired) electrons. The van der Waals surface area contributed by atoms with Gasteiger partial charge in [0.1, 0.15) is 0 Å². The number of ether oxygens (including phenoxy) is 3. The van der Waals surface area contributed by atoms with Gasteiger partial charge in [-0.05, 0) is 12.1 Å². The molecule has 0 amide bonds. The molecule has 19 heavy (non-hydrogen) atoms. The number of aromatic nitrogens is 2. The molecule has 0 atom stereocenters. The van der Waals surface area contributed by atoms with E-state index in [4.69, 9.17) is 24.5 Å². The number of benzene rings is 1. The summed E-state index contributed by atoms with van der Waals surface area (Å²) in [5, 5.41) is 7.55. The molecule has 0 saturated heterocycles. The number of methoxy groups -OCH3 is 3. The topological polar surface area (TPSA) is 105 Å². The maximum Gasteiger partial charge on any atom is 0.330 e. The first kappa shape index (κ1) is 13.0. The van der Waals surface area contributed by atoms with Gasteiger partial charge in [-0.15, -0.1) is 5.10 Å². The van der Waals surface area contributed by atoms with Gasteiger partial charge in [-0.25, -0.2) is 5.84 Å². The normalized spacial score (nSPS) is 10.1. The van der Waals surface area contributed by atoms with E-state index in [1.807, 2.05) is 0 Å². The van der Waals surface area contributed by atoms with Crippen molar-refractivity contribution in [2.24, 2.45) is 5.84 Å². The average molecular weight is 266 g/mol. The van der Waals surface area contributed by atoms with Crippen LogP contribution in [0.4, 0.5) is 6.01 Å². The minimum absolute atomic E-state index is 0.115. The molecule has 102 valence electrons. The van der Waals surface area contributed by atoms with Crippen molar-refractivity contribution < 1.29 is 18.6 Å². The van der Waals surface area contributed by atoms with Crippen molar-refractivity contribution in [3.05, 3.63) is 12.1 Å². The van der Waals surface area contributed by atoms with Gasteiger partial charge in [0.2, 0.25) is 11.6 Å². The smallest absolute Gasteiger partial charge is 0.330 e. The zero-order chi connectivity index (χ0) is 13.8. The van der Waals surface area contributed by atoms with E-state index in [0.717, 1.165) is 0 Å². The molecule has 2 rings (SSSR count). The van der Waals surface area contributed by atoms with Crippen LogP contribution in [-0.2, 0) is 0 Å². The van der Waals surface area contributed by atoms with E-state index in [1.165, 1.54) is 21.3 Å². The highest BCUT2D eigenvalue weighted by atomic mass is 16.5. The Hall–Kier alpha value is -2.48. The van der Waals surface area contributed by atoms with Gasteiger partial charge < -0.3 is 18.6 Å². The van der Waals surface area contributed by atoms with Crippen LogP contribution in [0.1, 0.15) is 0 Å². The Morgan fingerprint density at radius 3 is 2.11 bits per heavy atom. The lowest BCUT2D eigenvalue weighted by molar-refractivity contribution is 0.324. The Morgan fingerprint density at radius 2 is 1.68 bits per heavy atom. The summed E-state index contributed by atoms with van der Waals surface area (Å²) in [6.45, 7) is 0. The summed E-state index contributed by atoms with van der Waals surface area (Å²) in [7, 11) is 4.59. The zero-order valence-corrected chi connectivity index (χ0v) is 10.8. The van der Waals surface area contributed by atoms with Gasteiger partial charge in [0.25, 0.3) is 0 Å². The molecule has 8 nitrogen and oxygen atoms in total. The Balaban J connectivity index is 2.51. The van der Waals surface area contributed by atoms with Crippen LogP contribution in [0.25, 0.3) is 11.5 Å². The highest BCUT2D eigenvalue weighted by Crippen LogP contribution is 2.40. The van der Waals surface area contributed by atoms with Gasteiger partial charge in [-0.2, -0.15) is 0 Å². The summed E-state index contributed by atoms with van der Waals surface area (Å²) in [5.74, 6) is 6.95. The molecule has 2 aromatic rings. The fourth-order valence-electron chi connectivity index (χ4n) is 1.60. The molecule has 3 N–H and O–H groups in total. The maximum absolute atomic E-state index is 5.28. The molecule has 1 heterocycles. The van der Waals surface area contributed by atoms with Crippen LogP contribution in [0.3, 0.4) is 0 Å². The highest BCUT2D eigenvalue weighted by molar-refractivity contribution is 5.65. The van der Waals surface area contributed by atoms with E-state index >= 15 is 0 Å². The molecular formula is C11H14N4O4. The Kier molecular flexibility index (Phi) is 3.71. The lowest BCUT2D eigenvalue weighted by Gasteiger charge is -2.12. The molecule has 0 aliphatic heterocycles. The number of hydrogen-bond acceptors (Lipinski definition) is 8. The van der Waals surface area contributed by atoms with Gasteiger partial charge in [0.05, 0.1) is 21.3 Å². The van der Waals surface area contributed by atoms with E-state index in [1.54, 1.807) is 12.1 Å². The van der Waals surface area contributed by atoms with Crippen LogP contribution < -0.4 is 25.5 Å². The monoisotopic (exact) mass is 266 g/mol. The van der Waals surface area contributed by atoms with Gasteiger partial charge in [-0.3, -0.25) is 5.43 Å². The lowest BCUT2D eigenvalue weighted by Crippen LogP contribution is -2.06. The van der Waals surface area contributed by atoms with Crippen LogP contribution in [0.15, 0.2) is 16.5 Å². The van der Waals surface area contributed by atoms with E-state index in [0.29, 0.717) is 22.8 Å². The summed E-state index contributed by atoms with van der Waals surface area (Å²) in [4.78, 5) is 0. The first-order valence-electron chi connectivity index (χ1n) is 5.34. The molecule has 0 bridgehead atoms. The van der Waals surface area contributed by atoms with Crippen LogP contribution in [0.5, 0.6) is 17.2 Å². The second-order valence-corrected chi connectivity index (χ2v) is 3.47. The van der Waals surface area contributed by atoms with Gasteiger partial charge >= 0.3 is 6.01 Å². The predicted octanol–water partition coefficient (Wildman–Crippen LogP) is 1.05. The number of nitrogens with one attached hydrogen (secondary N) is 1. The summed E-state index contributed by atoms with van der Waals surface area (Å²) < 4.78 is 21.0. The number of anilines is 1. The molecule has 0 saturated carbocycles. The summed E-state index contributed by atoms with van der Waals surface area (Å²) in [6, 6.07) is 3.52. The van der Waals surface area contributed by atoms with Crippen molar-refractivity contribution in [2.45, 2.75) is 0 Å². The number of nitrogens with two attached hydrogens (primary N) is 1. The fourth-order valence-corrected chi connectivity index (χ4v) is 1.60. The van der Waals surface area contributed by atoms with Gasteiger partial charge in [-0.1, -0.05) is 5.10 Å². The quantitative estimate of drug-likeness (QED) is 0.611. The van der Waals surface area contributed by atoms with E-state index in [9.17, 15) is 0 Å². The third-order valence-corrected chi connectivity index (χ3v) is 2.46. The van der Waals surface area contributed by atoms with Crippen LogP contribution in [0.2, 0.25) is 0 Å². The van der Waals surface area contributed by atoms with Crippen molar-refractivity contribution in [1.29, 1.82) is 0 Å². The zero-order valence-electron chi connectivity index (χ0n) is 10.8. The molecule has 1 aromatic carbocycles. The lowest BCUT2D eigenvalue weighted by atomic mass is 10.2. The first-order chi connectivity index (χ1) is 9.23. The predicted molar refractivity (Wildman–Crippen MR) is 67.2 cm³/mol.